The van der Waals surface area contributed by atoms with Crippen LogP contribution in [0.4, 0.5) is 0 Å². The highest BCUT2D eigenvalue weighted by Gasteiger charge is 2.20. The first-order valence-electron chi connectivity index (χ1n) is 12.6. The first-order valence-corrected chi connectivity index (χ1v) is 12.6. The largest absolute Gasteiger partial charge is 0.490 e. The first kappa shape index (κ1) is 25.9. The number of aromatic nitrogens is 1. The van der Waals surface area contributed by atoms with Crippen LogP contribution in [-0.4, -0.2) is 29.7 Å². The fourth-order valence-corrected chi connectivity index (χ4v) is 4.30. The molecule has 0 bridgehead atoms. The minimum Gasteiger partial charge on any atom is -0.490 e. The summed E-state index contributed by atoms with van der Waals surface area (Å²) in [7, 11) is 0. The van der Waals surface area contributed by atoms with Crippen LogP contribution in [0.3, 0.4) is 0 Å². The lowest BCUT2D eigenvalue weighted by Gasteiger charge is -2.11. The second-order valence-corrected chi connectivity index (χ2v) is 8.67. The van der Waals surface area contributed by atoms with Gasteiger partial charge in [0.05, 0.1) is 29.5 Å². The van der Waals surface area contributed by atoms with Gasteiger partial charge < -0.3 is 14.5 Å². The summed E-state index contributed by atoms with van der Waals surface area (Å²) in [6.45, 7) is 2.19. The Kier molecular flexibility index (Phi) is 7.65. The van der Waals surface area contributed by atoms with Gasteiger partial charge in [-0.3, -0.25) is 4.79 Å². The van der Waals surface area contributed by atoms with E-state index in [0.29, 0.717) is 45.8 Å². The third-order valence-corrected chi connectivity index (χ3v) is 6.10. The van der Waals surface area contributed by atoms with Gasteiger partial charge >= 0.3 is 5.97 Å². The second kappa shape index (κ2) is 11.8. The zero-order valence-electron chi connectivity index (χ0n) is 21.5. The van der Waals surface area contributed by atoms with Crippen LogP contribution in [0.25, 0.3) is 22.0 Å². The smallest absolute Gasteiger partial charge is 0.343 e. The molecule has 1 heterocycles. The Balaban J connectivity index is 1.38. The molecule has 0 aliphatic rings. The van der Waals surface area contributed by atoms with Crippen LogP contribution >= 0.6 is 0 Å². The number of hydrazone groups is 1. The monoisotopic (exact) mass is 528 g/mol. The van der Waals surface area contributed by atoms with E-state index in [1.807, 2.05) is 49.4 Å². The molecule has 5 aromatic rings. The quantitative estimate of drug-likeness (QED) is 0.109. The van der Waals surface area contributed by atoms with Gasteiger partial charge in [0.1, 0.15) is 11.8 Å². The molecule has 0 fully saturated rings. The molecule has 196 valence electrons. The Morgan fingerprint density at radius 3 is 2.42 bits per heavy atom. The first-order chi connectivity index (χ1) is 19.6. The summed E-state index contributed by atoms with van der Waals surface area (Å²) >= 11 is 0. The fourth-order valence-electron chi connectivity index (χ4n) is 4.30. The molecule has 0 unspecified atom stereocenters. The number of rotatable bonds is 8. The van der Waals surface area contributed by atoms with Gasteiger partial charge in [-0.05, 0) is 54.4 Å². The van der Waals surface area contributed by atoms with Crippen molar-refractivity contribution >= 4 is 29.0 Å². The number of carbonyl (C=O) groups is 2. The van der Waals surface area contributed by atoms with E-state index in [9.17, 15) is 14.9 Å². The Bertz CT molecular complexity index is 1750. The van der Waals surface area contributed by atoms with E-state index in [4.69, 9.17) is 9.47 Å². The minimum absolute atomic E-state index is 0.274. The molecule has 0 aliphatic heterocycles. The number of nitriles is 1. The highest BCUT2D eigenvalue weighted by molar-refractivity contribution is 6.10. The summed E-state index contributed by atoms with van der Waals surface area (Å²) < 4.78 is 11.2. The van der Waals surface area contributed by atoms with Crippen molar-refractivity contribution in [3.05, 3.63) is 119 Å². The van der Waals surface area contributed by atoms with Crippen molar-refractivity contribution in [3.63, 3.8) is 0 Å². The zero-order chi connectivity index (χ0) is 27.9. The number of nitrogens with one attached hydrogen (secondary N) is 2. The average molecular weight is 529 g/mol. The molecule has 40 heavy (non-hydrogen) atoms. The second-order valence-electron chi connectivity index (χ2n) is 8.67. The highest BCUT2D eigenvalue weighted by atomic mass is 16.6. The van der Waals surface area contributed by atoms with Crippen molar-refractivity contribution in [1.82, 2.24) is 10.4 Å². The third kappa shape index (κ3) is 5.44. The van der Waals surface area contributed by atoms with Crippen molar-refractivity contribution in [2.45, 2.75) is 6.92 Å². The van der Waals surface area contributed by atoms with Crippen LogP contribution < -0.4 is 14.9 Å². The predicted molar refractivity (Wildman–Crippen MR) is 153 cm³/mol. The number of ether oxygens (including phenoxy) is 2. The summed E-state index contributed by atoms with van der Waals surface area (Å²) in [6.07, 6.45) is 1.47. The number of esters is 1. The number of carbonyl (C=O) groups excluding carboxylic acids is 2. The number of hydrogen-bond acceptors (Lipinski definition) is 6. The van der Waals surface area contributed by atoms with Crippen LogP contribution in [0, 0.1) is 11.3 Å². The number of fused-ring (bicyclic) bond motifs is 1. The predicted octanol–water partition coefficient (Wildman–Crippen LogP) is 6.09. The molecular formula is C32H24N4O4. The topological polar surface area (TPSA) is 117 Å². The number of benzene rings is 4. The molecule has 0 saturated carbocycles. The summed E-state index contributed by atoms with van der Waals surface area (Å²) in [5, 5.41) is 14.5. The Morgan fingerprint density at radius 1 is 0.950 bits per heavy atom. The molecule has 1 aromatic heterocycles. The standard InChI is InChI=1S/C32H24N4O4/c1-2-39-27-18-21(16-17-26(27)40-32(38)23-12-7-4-8-13-23)20-34-36-31(37)30-28(22-10-5-3-6-11-22)25-15-9-14-24(19-33)29(25)35-30/h3-18,20,35H,2H2,1H3,(H,36,37). The van der Waals surface area contributed by atoms with Crippen LogP contribution in [0.15, 0.2) is 102 Å². The fraction of sp³-hybridized carbons (Fsp3) is 0.0625. The van der Waals surface area contributed by atoms with Gasteiger partial charge in [0, 0.05) is 10.9 Å². The highest BCUT2D eigenvalue weighted by Crippen LogP contribution is 2.34. The van der Waals surface area contributed by atoms with E-state index in [1.54, 1.807) is 54.6 Å². The number of hydrogen-bond donors (Lipinski definition) is 2. The molecular weight excluding hydrogens is 504 g/mol. The van der Waals surface area contributed by atoms with Crippen LogP contribution in [0.5, 0.6) is 11.5 Å². The number of amides is 1. The maximum atomic E-state index is 13.3. The van der Waals surface area contributed by atoms with Crippen LogP contribution in [-0.2, 0) is 0 Å². The molecule has 1 amide bonds. The summed E-state index contributed by atoms with van der Waals surface area (Å²) in [6, 6.07) is 30.7. The van der Waals surface area contributed by atoms with Crippen molar-refractivity contribution in [2.24, 2.45) is 5.10 Å². The lowest BCUT2D eigenvalue weighted by atomic mass is 10.0. The molecule has 0 spiro atoms. The number of nitrogens with zero attached hydrogens (tertiary/aromatic N) is 2. The third-order valence-electron chi connectivity index (χ3n) is 6.10. The number of H-pyrrole nitrogens is 1. The van der Waals surface area contributed by atoms with Gasteiger partial charge in [-0.25, -0.2) is 10.2 Å². The molecule has 2 N–H and O–H groups in total. The van der Waals surface area contributed by atoms with E-state index < -0.39 is 11.9 Å². The van der Waals surface area contributed by atoms with E-state index in [-0.39, 0.29) is 5.75 Å². The minimum atomic E-state index is -0.498. The van der Waals surface area contributed by atoms with Gasteiger partial charge in [-0.1, -0.05) is 60.7 Å². The molecule has 0 saturated heterocycles. The lowest BCUT2D eigenvalue weighted by Crippen LogP contribution is -2.19. The average Bonchev–Trinajstić information content (AvgIpc) is 3.39. The van der Waals surface area contributed by atoms with Crippen LogP contribution in [0.1, 0.15) is 38.9 Å². The molecule has 8 nitrogen and oxygen atoms in total. The van der Waals surface area contributed by atoms with Gasteiger partial charge in [0.2, 0.25) is 0 Å². The Labute approximate surface area is 230 Å². The van der Waals surface area contributed by atoms with Crippen molar-refractivity contribution in [2.75, 3.05) is 6.61 Å². The Morgan fingerprint density at radius 2 is 1.70 bits per heavy atom. The zero-order valence-corrected chi connectivity index (χ0v) is 21.5. The Hall–Kier alpha value is -5.68. The summed E-state index contributed by atoms with van der Waals surface area (Å²) in [5.74, 6) is -0.320. The van der Waals surface area contributed by atoms with E-state index in [2.05, 4.69) is 21.6 Å². The van der Waals surface area contributed by atoms with E-state index >= 15 is 0 Å². The van der Waals surface area contributed by atoms with Gasteiger partial charge in [0.25, 0.3) is 5.91 Å². The maximum Gasteiger partial charge on any atom is 0.343 e. The van der Waals surface area contributed by atoms with Gasteiger partial charge in [-0.2, -0.15) is 10.4 Å². The molecule has 5 rings (SSSR count). The molecule has 0 aliphatic carbocycles. The molecule has 8 heteroatoms. The van der Waals surface area contributed by atoms with Crippen molar-refractivity contribution in [3.8, 4) is 28.7 Å². The molecule has 4 aromatic carbocycles. The van der Waals surface area contributed by atoms with Gasteiger partial charge in [0.15, 0.2) is 11.5 Å². The molecule has 0 atom stereocenters. The number of aromatic amines is 1. The number of para-hydroxylation sites is 1. The summed E-state index contributed by atoms with van der Waals surface area (Å²) in [5.41, 5.74) is 6.44. The summed E-state index contributed by atoms with van der Waals surface area (Å²) in [4.78, 5) is 28.9. The normalized spacial score (nSPS) is 10.8. The van der Waals surface area contributed by atoms with Gasteiger partial charge in [-0.15, -0.1) is 0 Å². The van der Waals surface area contributed by atoms with Crippen molar-refractivity contribution < 1.29 is 19.1 Å². The van der Waals surface area contributed by atoms with E-state index in [1.165, 1.54) is 6.21 Å². The van der Waals surface area contributed by atoms with Crippen LogP contribution in [0.2, 0.25) is 0 Å². The maximum absolute atomic E-state index is 13.3. The molecule has 0 radical (unpaired) electrons. The van der Waals surface area contributed by atoms with Crippen molar-refractivity contribution in [1.29, 1.82) is 5.26 Å². The SMILES string of the molecule is CCOc1cc(C=NNC(=O)c2[nH]c3c(C#N)cccc3c2-c2ccccc2)ccc1OC(=O)c1ccccc1. The van der Waals surface area contributed by atoms with E-state index in [0.717, 1.165) is 10.9 Å². The lowest BCUT2D eigenvalue weighted by molar-refractivity contribution is 0.0728.